The Balaban J connectivity index is 1.76. The number of amides is 1. The van der Waals surface area contributed by atoms with Crippen molar-refractivity contribution in [2.75, 3.05) is 12.9 Å². The van der Waals surface area contributed by atoms with Crippen molar-refractivity contribution in [2.45, 2.75) is 51.3 Å². The van der Waals surface area contributed by atoms with E-state index in [1.54, 1.807) is 13.0 Å². The Morgan fingerprint density at radius 3 is 2.83 bits per heavy atom. The van der Waals surface area contributed by atoms with Crippen LogP contribution in [0.25, 0.3) is 0 Å². The zero-order valence-corrected chi connectivity index (χ0v) is 14.8. The molecule has 0 aliphatic heterocycles. The van der Waals surface area contributed by atoms with Gasteiger partial charge in [-0.1, -0.05) is 19.8 Å². The molecule has 23 heavy (non-hydrogen) atoms. The maximum Gasteiger partial charge on any atom is 0.341 e. The Morgan fingerprint density at radius 2 is 2.13 bits per heavy atom. The highest BCUT2D eigenvalue weighted by atomic mass is 32.2. The summed E-state index contributed by atoms with van der Waals surface area (Å²) in [6, 6.07) is 2.00. The quantitative estimate of drug-likeness (QED) is 0.805. The number of carbonyl (C=O) groups is 2. The summed E-state index contributed by atoms with van der Waals surface area (Å²) < 4.78 is 10.2. The number of furan rings is 1. The van der Waals surface area contributed by atoms with Crippen LogP contribution < -0.4 is 5.32 Å². The van der Waals surface area contributed by atoms with E-state index >= 15 is 0 Å². The molecule has 0 radical (unpaired) electrons. The average molecular weight is 339 g/mol. The highest BCUT2D eigenvalue weighted by Crippen LogP contribution is 2.24. The monoisotopic (exact) mass is 339 g/mol. The number of rotatable bonds is 6. The van der Waals surface area contributed by atoms with Crippen molar-refractivity contribution in [2.24, 2.45) is 5.92 Å². The van der Waals surface area contributed by atoms with Crippen molar-refractivity contribution in [1.82, 2.24) is 5.32 Å². The molecule has 0 saturated heterocycles. The first-order valence-corrected chi connectivity index (χ1v) is 9.21. The molecular weight excluding hydrogens is 314 g/mol. The summed E-state index contributed by atoms with van der Waals surface area (Å²) in [7, 11) is 1.35. The predicted molar refractivity (Wildman–Crippen MR) is 90.5 cm³/mol. The molecule has 2 atom stereocenters. The molecule has 1 aliphatic carbocycles. The van der Waals surface area contributed by atoms with E-state index in [4.69, 9.17) is 9.15 Å². The van der Waals surface area contributed by atoms with Gasteiger partial charge >= 0.3 is 5.97 Å². The molecule has 1 aromatic rings. The smallest absolute Gasteiger partial charge is 0.341 e. The van der Waals surface area contributed by atoms with Crippen molar-refractivity contribution < 1.29 is 18.7 Å². The molecule has 0 aromatic carbocycles. The van der Waals surface area contributed by atoms with Crippen molar-refractivity contribution in [3.63, 3.8) is 0 Å². The first-order chi connectivity index (χ1) is 11.0. The summed E-state index contributed by atoms with van der Waals surface area (Å²) in [4.78, 5) is 23.6. The van der Waals surface area contributed by atoms with Gasteiger partial charge in [-0.2, -0.15) is 0 Å². The van der Waals surface area contributed by atoms with Gasteiger partial charge in [0.15, 0.2) is 0 Å². The van der Waals surface area contributed by atoms with Crippen LogP contribution in [0.3, 0.4) is 0 Å². The fraction of sp³-hybridized carbons (Fsp3) is 0.647. The maximum atomic E-state index is 12.0. The minimum absolute atomic E-state index is 0.0743. The first kappa shape index (κ1) is 17.9. The van der Waals surface area contributed by atoms with Gasteiger partial charge in [0.2, 0.25) is 5.91 Å². The number of aryl methyl sites for hydroxylation is 1. The van der Waals surface area contributed by atoms with E-state index in [1.807, 2.05) is 0 Å². The van der Waals surface area contributed by atoms with Crippen LogP contribution in [0, 0.1) is 12.8 Å². The molecule has 1 fully saturated rings. The number of hydrogen-bond acceptors (Lipinski definition) is 5. The summed E-state index contributed by atoms with van der Waals surface area (Å²) in [5, 5.41) is 3.13. The number of ether oxygens (including phenoxy) is 1. The standard InChI is InChI=1S/C17H25NO4S/c1-11-6-4-5-7-15(11)18-16(19)10-23-9-13-8-14(12(2)22-13)17(20)21-3/h8,11,15H,4-7,9-10H2,1-3H3,(H,18,19)/t11-,15-/m1/s1. The normalized spacial score (nSPS) is 21.0. The van der Waals surface area contributed by atoms with Crippen molar-refractivity contribution in [3.8, 4) is 0 Å². The van der Waals surface area contributed by atoms with Crippen molar-refractivity contribution in [1.29, 1.82) is 0 Å². The molecule has 2 rings (SSSR count). The highest BCUT2D eigenvalue weighted by Gasteiger charge is 2.22. The molecular formula is C17H25NO4S. The molecule has 6 heteroatoms. The lowest BCUT2D eigenvalue weighted by Gasteiger charge is -2.29. The number of hydrogen-bond donors (Lipinski definition) is 1. The second kappa shape index (κ2) is 8.43. The molecule has 1 aromatic heterocycles. The van der Waals surface area contributed by atoms with Gasteiger partial charge in [0, 0.05) is 6.04 Å². The lowest BCUT2D eigenvalue weighted by atomic mass is 9.86. The summed E-state index contributed by atoms with van der Waals surface area (Å²) >= 11 is 1.49. The molecule has 1 N–H and O–H groups in total. The number of methoxy groups -OCH3 is 1. The number of esters is 1. The van der Waals surface area contributed by atoms with Crippen LogP contribution in [0.15, 0.2) is 10.5 Å². The third-order valence-corrected chi connectivity index (χ3v) is 5.26. The fourth-order valence-electron chi connectivity index (χ4n) is 2.95. The van der Waals surface area contributed by atoms with E-state index < -0.39 is 5.97 Å². The number of nitrogens with one attached hydrogen (secondary N) is 1. The summed E-state index contributed by atoms with van der Waals surface area (Å²) in [6.45, 7) is 3.94. The molecule has 1 saturated carbocycles. The van der Waals surface area contributed by atoms with E-state index in [2.05, 4.69) is 12.2 Å². The van der Waals surface area contributed by atoms with Crippen molar-refractivity contribution >= 4 is 23.6 Å². The van der Waals surface area contributed by atoms with Gasteiger partial charge in [-0.25, -0.2) is 4.79 Å². The molecule has 1 heterocycles. The largest absolute Gasteiger partial charge is 0.465 e. The summed E-state index contributed by atoms with van der Waals surface area (Å²) in [5.41, 5.74) is 0.448. The molecule has 1 aliphatic rings. The molecule has 0 spiro atoms. The lowest BCUT2D eigenvalue weighted by molar-refractivity contribution is -0.119. The number of carbonyl (C=O) groups excluding carboxylic acids is 2. The van der Waals surface area contributed by atoms with Crippen LogP contribution >= 0.6 is 11.8 Å². The molecule has 5 nitrogen and oxygen atoms in total. The SMILES string of the molecule is COC(=O)c1cc(CSCC(=O)N[C@@H]2CCCC[C@H]2C)oc1C. The van der Waals surface area contributed by atoms with Crippen LogP contribution in [0.4, 0.5) is 0 Å². The van der Waals surface area contributed by atoms with E-state index in [0.717, 1.165) is 6.42 Å². The average Bonchev–Trinajstić information content (AvgIpc) is 2.89. The third-order valence-electron chi connectivity index (χ3n) is 4.31. The highest BCUT2D eigenvalue weighted by molar-refractivity contribution is 7.99. The van der Waals surface area contributed by atoms with E-state index in [1.165, 1.54) is 38.1 Å². The topological polar surface area (TPSA) is 68.5 Å². The Kier molecular flexibility index (Phi) is 6.57. The van der Waals surface area contributed by atoms with Gasteiger partial charge in [0.1, 0.15) is 17.1 Å². The van der Waals surface area contributed by atoms with Crippen LogP contribution in [0.1, 0.15) is 54.5 Å². The Morgan fingerprint density at radius 1 is 1.39 bits per heavy atom. The van der Waals surface area contributed by atoms with Gasteiger partial charge in [-0.3, -0.25) is 4.79 Å². The second-order valence-electron chi connectivity index (χ2n) is 6.10. The van der Waals surface area contributed by atoms with E-state index in [-0.39, 0.29) is 5.91 Å². The molecule has 0 unspecified atom stereocenters. The van der Waals surface area contributed by atoms with Gasteiger partial charge < -0.3 is 14.5 Å². The number of thioether (sulfide) groups is 1. The Labute approximate surface area is 141 Å². The van der Waals surface area contributed by atoms with Crippen LogP contribution in [0.5, 0.6) is 0 Å². The minimum atomic E-state index is -0.397. The van der Waals surface area contributed by atoms with Gasteiger partial charge in [-0.15, -0.1) is 11.8 Å². The van der Waals surface area contributed by atoms with Crippen LogP contribution in [-0.2, 0) is 15.3 Å². The maximum absolute atomic E-state index is 12.0. The van der Waals surface area contributed by atoms with Gasteiger partial charge in [0.05, 0.1) is 18.6 Å². The Bertz CT molecular complexity index is 555. The predicted octanol–water partition coefficient (Wildman–Crippen LogP) is 3.30. The van der Waals surface area contributed by atoms with Crippen LogP contribution in [0.2, 0.25) is 0 Å². The third kappa shape index (κ3) is 5.03. The second-order valence-corrected chi connectivity index (χ2v) is 7.09. The molecule has 128 valence electrons. The van der Waals surface area contributed by atoms with Gasteiger partial charge in [-0.05, 0) is 31.7 Å². The summed E-state index contributed by atoms with van der Waals surface area (Å²) in [5.74, 6) is 2.44. The Hall–Kier alpha value is -1.43. The fourth-order valence-corrected chi connectivity index (χ4v) is 3.67. The minimum Gasteiger partial charge on any atom is -0.465 e. The molecule has 1 amide bonds. The molecule has 0 bridgehead atoms. The zero-order valence-electron chi connectivity index (χ0n) is 14.0. The van der Waals surface area contributed by atoms with E-state index in [0.29, 0.717) is 40.5 Å². The van der Waals surface area contributed by atoms with Crippen molar-refractivity contribution in [3.05, 3.63) is 23.2 Å². The van der Waals surface area contributed by atoms with Crippen LogP contribution in [-0.4, -0.2) is 30.8 Å². The van der Waals surface area contributed by atoms with E-state index in [9.17, 15) is 9.59 Å². The zero-order chi connectivity index (χ0) is 16.8. The first-order valence-electron chi connectivity index (χ1n) is 8.06. The summed E-state index contributed by atoms with van der Waals surface area (Å²) in [6.07, 6.45) is 4.74. The lowest BCUT2D eigenvalue weighted by Crippen LogP contribution is -2.41. The van der Waals surface area contributed by atoms with Gasteiger partial charge in [0.25, 0.3) is 0 Å².